The highest BCUT2D eigenvalue weighted by atomic mass is 32.2. The number of alkyl halides is 3. The van der Waals surface area contributed by atoms with Crippen LogP contribution in [0, 0.1) is 0 Å². The molecule has 1 aliphatic heterocycles. The van der Waals surface area contributed by atoms with Gasteiger partial charge in [-0.1, -0.05) is 48.2 Å². The van der Waals surface area contributed by atoms with Gasteiger partial charge in [0.25, 0.3) is 0 Å². The lowest BCUT2D eigenvalue weighted by Crippen LogP contribution is -2.38. The lowest BCUT2D eigenvalue weighted by molar-refractivity contribution is -0.137. The van der Waals surface area contributed by atoms with E-state index < -0.39 is 11.7 Å². The molecule has 8 nitrogen and oxygen atoms in total. The van der Waals surface area contributed by atoms with E-state index in [0.29, 0.717) is 22.4 Å². The first kappa shape index (κ1) is 30.0. The molecule has 2 aliphatic rings. The normalized spacial score (nSPS) is 16.7. The summed E-state index contributed by atoms with van der Waals surface area (Å²) in [4.78, 5) is 23.4. The van der Waals surface area contributed by atoms with E-state index in [9.17, 15) is 18.0 Å². The number of rotatable bonds is 6. The van der Waals surface area contributed by atoms with Gasteiger partial charge in [-0.25, -0.2) is 15.1 Å². The number of aromatic nitrogens is 3. The van der Waals surface area contributed by atoms with Gasteiger partial charge in [0.05, 0.1) is 22.7 Å². The lowest BCUT2D eigenvalue weighted by Gasteiger charge is -2.24. The molecule has 0 radical (unpaired) electrons. The van der Waals surface area contributed by atoms with Crippen LogP contribution in [-0.4, -0.2) is 36.7 Å². The van der Waals surface area contributed by atoms with Gasteiger partial charge in [0.15, 0.2) is 11.0 Å². The van der Waals surface area contributed by atoms with Gasteiger partial charge in [-0.3, -0.25) is 15.1 Å². The Bertz CT molecular complexity index is 1720. The standard InChI is InChI=1S/C31H28F3N7OS2/c1-19(20-9-11-22(12-10-20)28-35-18-40(39-28)24-15-13-23(14-16-24)31(32,33)34)37-38-29(43)36-30-41(27(42)17-44-30)26-8-4-6-21-5-2-3-7-25(21)26/h4,6,8-16,18-19,37H,2-3,5,7,17H2,1H3,(H,38,43). The van der Waals surface area contributed by atoms with E-state index in [2.05, 4.69) is 32.0 Å². The minimum absolute atomic E-state index is 0.00405. The number of anilines is 1. The molecule has 226 valence electrons. The molecule has 13 heteroatoms. The molecule has 1 atom stereocenters. The predicted molar refractivity (Wildman–Crippen MR) is 170 cm³/mol. The third-order valence-electron chi connectivity index (χ3n) is 7.59. The molecule has 4 aromatic rings. The zero-order valence-corrected chi connectivity index (χ0v) is 25.3. The number of hydrogen-bond acceptors (Lipinski definition) is 6. The lowest BCUT2D eigenvalue weighted by atomic mass is 9.90. The first-order chi connectivity index (χ1) is 21.2. The number of aliphatic imine (C=N–C) groups is 1. The number of halogens is 3. The number of carbonyl (C=O) groups is 1. The van der Waals surface area contributed by atoms with Crippen LogP contribution in [0.2, 0.25) is 0 Å². The maximum atomic E-state index is 12.9. The van der Waals surface area contributed by atoms with Crippen molar-refractivity contribution in [3.05, 3.63) is 95.3 Å². The molecular formula is C31H28F3N7OS2. The molecule has 1 fully saturated rings. The quantitative estimate of drug-likeness (QED) is 0.187. The Morgan fingerprint density at radius 1 is 1.05 bits per heavy atom. The summed E-state index contributed by atoms with van der Waals surface area (Å²) >= 11 is 6.86. The second kappa shape index (κ2) is 12.5. The summed E-state index contributed by atoms with van der Waals surface area (Å²) in [6.45, 7) is 1.96. The second-order valence-corrected chi connectivity index (χ2v) is 11.8. The predicted octanol–water partition coefficient (Wildman–Crippen LogP) is 6.41. The third-order valence-corrected chi connectivity index (χ3v) is 8.71. The Labute approximate surface area is 261 Å². The molecule has 44 heavy (non-hydrogen) atoms. The summed E-state index contributed by atoms with van der Waals surface area (Å²) in [7, 11) is 0. The number of hydrogen-bond donors (Lipinski definition) is 2. The number of aryl methyl sites for hydroxylation is 1. The molecule has 1 unspecified atom stereocenters. The monoisotopic (exact) mass is 635 g/mol. The van der Waals surface area contributed by atoms with E-state index in [1.807, 2.05) is 43.3 Å². The smallest absolute Gasteiger partial charge is 0.296 e. The highest BCUT2D eigenvalue weighted by molar-refractivity contribution is 8.15. The molecule has 6 rings (SSSR count). The number of fused-ring (bicyclic) bond motifs is 1. The Balaban J connectivity index is 1.08. The number of nitrogens with zero attached hydrogens (tertiary/aromatic N) is 5. The van der Waals surface area contributed by atoms with Crippen molar-refractivity contribution in [3.63, 3.8) is 0 Å². The van der Waals surface area contributed by atoms with Crippen molar-refractivity contribution >= 4 is 45.9 Å². The topological polar surface area (TPSA) is 87.4 Å². The van der Waals surface area contributed by atoms with Crippen molar-refractivity contribution in [2.45, 2.75) is 44.8 Å². The molecule has 0 bridgehead atoms. The van der Waals surface area contributed by atoms with Gasteiger partial charge < -0.3 is 0 Å². The van der Waals surface area contributed by atoms with Gasteiger partial charge in [-0.2, -0.15) is 18.2 Å². The van der Waals surface area contributed by atoms with Gasteiger partial charge in [-0.15, -0.1) is 5.10 Å². The number of thiocarbonyl (C=S) groups is 1. The molecule has 1 saturated heterocycles. The molecule has 1 amide bonds. The van der Waals surface area contributed by atoms with E-state index in [4.69, 9.17) is 12.2 Å². The molecular weight excluding hydrogens is 608 g/mol. The van der Waals surface area contributed by atoms with Gasteiger partial charge in [0.2, 0.25) is 11.0 Å². The van der Waals surface area contributed by atoms with Crippen LogP contribution < -0.4 is 15.8 Å². The summed E-state index contributed by atoms with van der Waals surface area (Å²) in [6.07, 6.45) is 1.31. The number of nitrogens with one attached hydrogen (secondary N) is 2. The third kappa shape index (κ3) is 6.40. The fourth-order valence-electron chi connectivity index (χ4n) is 5.26. The molecule has 0 saturated carbocycles. The van der Waals surface area contributed by atoms with Crippen molar-refractivity contribution in [1.29, 1.82) is 0 Å². The fourth-order valence-corrected chi connectivity index (χ4v) is 6.33. The highest BCUT2D eigenvalue weighted by Crippen LogP contribution is 2.35. The van der Waals surface area contributed by atoms with Crippen LogP contribution in [0.5, 0.6) is 0 Å². The number of hydrazine groups is 1. The van der Waals surface area contributed by atoms with Gasteiger partial charge in [0, 0.05) is 11.6 Å². The van der Waals surface area contributed by atoms with Gasteiger partial charge in [-0.05, 0) is 91.8 Å². The van der Waals surface area contributed by atoms with Crippen LogP contribution in [-0.2, 0) is 23.8 Å². The molecule has 2 heterocycles. The second-order valence-electron chi connectivity index (χ2n) is 10.5. The molecule has 3 aromatic carbocycles. The Hall–Kier alpha value is -4.07. The van der Waals surface area contributed by atoms with E-state index in [1.54, 1.807) is 4.90 Å². The SMILES string of the molecule is CC(NNC(=S)N=C1SCC(=O)N1c1cccc2c1CCCC2)c1ccc(-c2ncn(-c3ccc(C(F)(F)F)cc3)n2)cc1. The van der Waals surface area contributed by atoms with E-state index >= 15 is 0 Å². The largest absolute Gasteiger partial charge is 0.416 e. The van der Waals surface area contributed by atoms with Crippen molar-refractivity contribution in [3.8, 4) is 17.1 Å². The van der Waals surface area contributed by atoms with E-state index in [1.165, 1.54) is 46.0 Å². The molecule has 1 aromatic heterocycles. The van der Waals surface area contributed by atoms with Crippen LogP contribution in [0.25, 0.3) is 17.1 Å². The number of benzene rings is 3. The van der Waals surface area contributed by atoms with Crippen LogP contribution in [0.4, 0.5) is 18.9 Å². The summed E-state index contributed by atoms with van der Waals surface area (Å²) in [5.41, 5.74) is 11.0. The molecule has 1 aliphatic carbocycles. The number of thioether (sulfide) groups is 1. The zero-order valence-electron chi connectivity index (χ0n) is 23.6. The van der Waals surface area contributed by atoms with Crippen molar-refractivity contribution < 1.29 is 18.0 Å². The maximum Gasteiger partial charge on any atom is 0.416 e. The van der Waals surface area contributed by atoms with Crippen molar-refractivity contribution in [1.82, 2.24) is 25.6 Å². The van der Waals surface area contributed by atoms with E-state index in [0.717, 1.165) is 54.6 Å². The highest BCUT2D eigenvalue weighted by Gasteiger charge is 2.33. The minimum Gasteiger partial charge on any atom is -0.296 e. The Morgan fingerprint density at radius 2 is 1.80 bits per heavy atom. The number of carbonyl (C=O) groups excluding carboxylic acids is 1. The summed E-state index contributed by atoms with van der Waals surface area (Å²) < 4.78 is 40.0. The number of amidine groups is 1. The Morgan fingerprint density at radius 3 is 2.55 bits per heavy atom. The first-order valence-corrected chi connectivity index (χ1v) is 15.5. The van der Waals surface area contributed by atoms with Crippen LogP contribution in [0.3, 0.4) is 0 Å². The van der Waals surface area contributed by atoms with Crippen molar-refractivity contribution in [2.75, 3.05) is 10.7 Å². The molecule has 2 N–H and O–H groups in total. The van der Waals surface area contributed by atoms with Crippen LogP contribution in [0.1, 0.15) is 48.1 Å². The van der Waals surface area contributed by atoms with Gasteiger partial charge in [0.1, 0.15) is 6.33 Å². The van der Waals surface area contributed by atoms with Crippen LogP contribution >= 0.6 is 24.0 Å². The summed E-state index contributed by atoms with van der Waals surface area (Å²) in [5, 5.41) is 5.20. The Kier molecular flexibility index (Phi) is 8.52. The average Bonchev–Trinajstić information content (AvgIpc) is 3.66. The van der Waals surface area contributed by atoms with Gasteiger partial charge >= 0.3 is 6.18 Å². The minimum atomic E-state index is -4.40. The zero-order chi connectivity index (χ0) is 30.8. The van der Waals surface area contributed by atoms with Crippen molar-refractivity contribution in [2.24, 2.45) is 4.99 Å². The maximum absolute atomic E-state index is 12.9. The fraction of sp³-hybridized carbons (Fsp3) is 0.258. The summed E-state index contributed by atoms with van der Waals surface area (Å²) in [5.74, 6) is 0.759. The first-order valence-electron chi connectivity index (χ1n) is 14.1. The molecule has 0 spiro atoms. The average molecular weight is 636 g/mol. The number of amides is 1. The van der Waals surface area contributed by atoms with Crippen LogP contribution in [0.15, 0.2) is 78.0 Å². The summed E-state index contributed by atoms with van der Waals surface area (Å²) in [6, 6.07) is 18.3. The van der Waals surface area contributed by atoms with E-state index in [-0.39, 0.29) is 17.1 Å².